The van der Waals surface area contributed by atoms with Gasteiger partial charge in [0.2, 0.25) is 0 Å². The third kappa shape index (κ3) is 3.34. The molecule has 0 radical (unpaired) electrons. The number of nitrogens with zero attached hydrogens (tertiary/aromatic N) is 4. The number of hydrogen-bond acceptors (Lipinski definition) is 3. The van der Waals surface area contributed by atoms with Crippen LogP contribution in [-0.4, -0.2) is 43.2 Å². The summed E-state index contributed by atoms with van der Waals surface area (Å²) in [5, 5.41) is 0. The van der Waals surface area contributed by atoms with Gasteiger partial charge in [0.15, 0.2) is 5.65 Å². The third-order valence-electron chi connectivity index (χ3n) is 6.10. The predicted octanol–water partition coefficient (Wildman–Crippen LogP) is 4.50. The van der Waals surface area contributed by atoms with E-state index >= 15 is 0 Å². The second-order valence-electron chi connectivity index (χ2n) is 8.05. The van der Waals surface area contributed by atoms with Crippen molar-refractivity contribution in [2.45, 2.75) is 25.4 Å². The van der Waals surface area contributed by atoms with Crippen LogP contribution in [0.4, 0.5) is 13.2 Å². The lowest BCUT2D eigenvalue weighted by molar-refractivity contribution is -0.137. The van der Waals surface area contributed by atoms with Crippen molar-refractivity contribution < 1.29 is 18.0 Å². The Labute approximate surface area is 175 Å². The van der Waals surface area contributed by atoms with E-state index in [0.717, 1.165) is 41.1 Å². The van der Waals surface area contributed by atoms with Crippen LogP contribution in [0.5, 0.6) is 0 Å². The minimum absolute atomic E-state index is 0.0494. The molecule has 1 amide bonds. The zero-order chi connectivity index (χ0) is 21.8. The first-order chi connectivity index (χ1) is 14.8. The Bertz CT molecular complexity index is 1280. The largest absolute Gasteiger partial charge is 0.416 e. The number of aromatic amines is 1. The molecule has 2 unspecified atom stereocenters. The van der Waals surface area contributed by atoms with Gasteiger partial charge in [-0.15, -0.1) is 0 Å². The number of piperidine rings is 1. The second-order valence-corrected chi connectivity index (χ2v) is 8.05. The Kier molecular flexibility index (Phi) is 4.49. The highest BCUT2D eigenvalue weighted by Gasteiger charge is 2.35. The van der Waals surface area contributed by atoms with Crippen LogP contribution in [0.15, 0.2) is 48.9 Å². The van der Waals surface area contributed by atoms with Crippen LogP contribution in [0.25, 0.3) is 16.7 Å². The molecule has 160 valence electrons. The molecule has 5 rings (SSSR count). The first-order valence-electron chi connectivity index (χ1n) is 10.1. The van der Waals surface area contributed by atoms with Crippen LogP contribution < -0.4 is 0 Å². The number of halogens is 3. The molecule has 3 aromatic heterocycles. The molecule has 31 heavy (non-hydrogen) atoms. The minimum Gasteiger partial charge on any atom is -0.345 e. The van der Waals surface area contributed by atoms with E-state index in [0.29, 0.717) is 13.1 Å². The van der Waals surface area contributed by atoms with Crippen LogP contribution in [0, 0.1) is 5.92 Å². The van der Waals surface area contributed by atoms with Gasteiger partial charge in [-0.1, -0.05) is 13.0 Å². The van der Waals surface area contributed by atoms with Gasteiger partial charge in [-0.25, -0.2) is 9.97 Å². The highest BCUT2D eigenvalue weighted by Crippen LogP contribution is 2.34. The Hall–Kier alpha value is -3.36. The van der Waals surface area contributed by atoms with Crippen LogP contribution in [0.1, 0.15) is 41.0 Å². The average Bonchev–Trinajstić information content (AvgIpc) is 3.39. The summed E-state index contributed by atoms with van der Waals surface area (Å²) in [4.78, 5) is 26.8. The highest BCUT2D eigenvalue weighted by atomic mass is 19.4. The normalized spacial score (nSPS) is 19.9. The quantitative estimate of drug-likeness (QED) is 0.512. The van der Waals surface area contributed by atoms with E-state index in [2.05, 4.69) is 21.9 Å². The zero-order valence-electron chi connectivity index (χ0n) is 16.7. The first-order valence-corrected chi connectivity index (χ1v) is 10.1. The second kappa shape index (κ2) is 7.11. The number of carbonyl (C=O) groups is 1. The molecule has 0 saturated carbocycles. The minimum atomic E-state index is -4.49. The molecule has 1 aliphatic rings. The number of rotatable bonds is 2. The van der Waals surface area contributed by atoms with Crippen molar-refractivity contribution in [3.63, 3.8) is 0 Å². The van der Waals surface area contributed by atoms with Gasteiger partial charge in [0.1, 0.15) is 5.82 Å². The lowest BCUT2D eigenvalue weighted by Gasteiger charge is -2.36. The maximum Gasteiger partial charge on any atom is 0.416 e. The zero-order valence-corrected chi connectivity index (χ0v) is 16.7. The molecule has 4 heterocycles. The van der Waals surface area contributed by atoms with Gasteiger partial charge < -0.3 is 9.88 Å². The molecule has 9 heteroatoms. The van der Waals surface area contributed by atoms with E-state index in [4.69, 9.17) is 0 Å². The molecular weight excluding hydrogens is 407 g/mol. The Morgan fingerprint density at radius 3 is 2.81 bits per heavy atom. The van der Waals surface area contributed by atoms with Crippen molar-refractivity contribution in [2.75, 3.05) is 13.1 Å². The standard InChI is InChI=1S/C22H20F3N5O/c1-13-6-8-29(21(31)14-3-2-4-15(9-14)22(23,24)25)12-17(13)20-28-11-16-10-27-19-18(30(16)20)5-7-26-19/h2-5,7,9-11,13,17,26H,6,8,12H2,1H3. The lowest BCUT2D eigenvalue weighted by Crippen LogP contribution is -2.42. The maximum absolute atomic E-state index is 13.1. The van der Waals surface area contributed by atoms with Crippen LogP contribution in [-0.2, 0) is 6.18 Å². The number of carbonyl (C=O) groups excluding carboxylic acids is 1. The summed E-state index contributed by atoms with van der Waals surface area (Å²) in [6, 6.07) is 6.54. The molecule has 1 fully saturated rings. The molecule has 0 bridgehead atoms. The van der Waals surface area contributed by atoms with Crippen molar-refractivity contribution in [2.24, 2.45) is 5.92 Å². The summed E-state index contributed by atoms with van der Waals surface area (Å²) in [5.41, 5.74) is 1.73. The van der Waals surface area contributed by atoms with Gasteiger partial charge in [-0.3, -0.25) is 9.20 Å². The summed E-state index contributed by atoms with van der Waals surface area (Å²) in [6.45, 7) is 3.01. The molecule has 1 saturated heterocycles. The summed E-state index contributed by atoms with van der Waals surface area (Å²) in [7, 11) is 0. The van der Waals surface area contributed by atoms with Crippen molar-refractivity contribution in [3.05, 3.63) is 65.9 Å². The monoisotopic (exact) mass is 427 g/mol. The van der Waals surface area contributed by atoms with Gasteiger partial charge in [0, 0.05) is 30.8 Å². The topological polar surface area (TPSA) is 66.3 Å². The molecular formula is C22H20F3N5O. The highest BCUT2D eigenvalue weighted by molar-refractivity contribution is 5.94. The van der Waals surface area contributed by atoms with E-state index in [1.165, 1.54) is 12.1 Å². The average molecular weight is 427 g/mol. The Morgan fingerprint density at radius 2 is 2.00 bits per heavy atom. The molecule has 0 aliphatic carbocycles. The molecule has 4 aromatic rings. The number of hydrogen-bond donors (Lipinski definition) is 1. The van der Waals surface area contributed by atoms with E-state index < -0.39 is 17.6 Å². The number of fused-ring (bicyclic) bond motifs is 3. The Morgan fingerprint density at radius 1 is 1.19 bits per heavy atom. The lowest BCUT2D eigenvalue weighted by atomic mass is 9.86. The van der Waals surface area contributed by atoms with E-state index in [-0.39, 0.29) is 17.4 Å². The number of imidazole rings is 1. The number of benzene rings is 1. The third-order valence-corrected chi connectivity index (χ3v) is 6.10. The smallest absolute Gasteiger partial charge is 0.345 e. The van der Waals surface area contributed by atoms with Crippen LogP contribution in [0.2, 0.25) is 0 Å². The molecule has 1 aromatic carbocycles. The van der Waals surface area contributed by atoms with Crippen LogP contribution >= 0.6 is 0 Å². The fourth-order valence-electron chi connectivity index (χ4n) is 4.36. The van der Waals surface area contributed by atoms with E-state index in [1.54, 1.807) is 17.3 Å². The summed E-state index contributed by atoms with van der Waals surface area (Å²) in [6.07, 6.45) is 1.57. The van der Waals surface area contributed by atoms with Crippen molar-refractivity contribution in [1.82, 2.24) is 24.3 Å². The maximum atomic E-state index is 13.1. The molecule has 6 nitrogen and oxygen atoms in total. The van der Waals surface area contributed by atoms with Crippen LogP contribution in [0.3, 0.4) is 0 Å². The van der Waals surface area contributed by atoms with Crippen molar-refractivity contribution >= 4 is 22.6 Å². The number of aromatic nitrogens is 4. The molecule has 1 aliphatic heterocycles. The summed E-state index contributed by atoms with van der Waals surface area (Å²) >= 11 is 0. The Balaban J connectivity index is 1.48. The fraction of sp³-hybridized carbons (Fsp3) is 0.318. The fourth-order valence-corrected chi connectivity index (χ4v) is 4.36. The molecule has 1 N–H and O–H groups in total. The molecule has 0 spiro atoms. The van der Waals surface area contributed by atoms with Gasteiger partial charge in [-0.05, 0) is 36.6 Å². The number of amides is 1. The number of nitrogens with one attached hydrogen (secondary N) is 1. The van der Waals surface area contributed by atoms with Crippen molar-refractivity contribution in [3.8, 4) is 0 Å². The first kappa shape index (κ1) is 19.6. The predicted molar refractivity (Wildman–Crippen MR) is 109 cm³/mol. The van der Waals surface area contributed by atoms with Gasteiger partial charge in [-0.2, -0.15) is 13.2 Å². The van der Waals surface area contributed by atoms with Gasteiger partial charge in [0.05, 0.1) is 29.0 Å². The molecule has 2 atom stereocenters. The van der Waals surface area contributed by atoms with Gasteiger partial charge >= 0.3 is 6.18 Å². The van der Waals surface area contributed by atoms with Crippen molar-refractivity contribution in [1.29, 1.82) is 0 Å². The number of likely N-dealkylation sites (tertiary alicyclic amines) is 1. The number of H-pyrrole nitrogens is 1. The number of alkyl halides is 3. The summed E-state index contributed by atoms with van der Waals surface area (Å²) in [5.74, 6) is 0.651. The summed E-state index contributed by atoms with van der Waals surface area (Å²) < 4.78 is 41.3. The van der Waals surface area contributed by atoms with E-state index in [1.807, 2.05) is 16.7 Å². The SMILES string of the molecule is CC1CCN(C(=O)c2cccc(C(F)(F)F)c2)CC1c1ncc2cnc3[nH]ccc3n12. The van der Waals surface area contributed by atoms with Gasteiger partial charge in [0.25, 0.3) is 5.91 Å². The van der Waals surface area contributed by atoms with E-state index in [9.17, 15) is 18.0 Å².